The summed E-state index contributed by atoms with van der Waals surface area (Å²) in [6, 6.07) is 19.7. The molecule has 3 aliphatic rings. The number of fused-ring (bicyclic) bond motifs is 4. The molecule has 0 spiro atoms. The number of hydrogen-bond donors (Lipinski definition) is 1. The molecule has 5 rings (SSSR count). The lowest BCUT2D eigenvalue weighted by Crippen LogP contribution is -2.58. The zero-order valence-electron chi connectivity index (χ0n) is 15.4. The van der Waals surface area contributed by atoms with Gasteiger partial charge in [0.15, 0.2) is 0 Å². The normalized spacial score (nSPS) is 26.6. The van der Waals surface area contributed by atoms with E-state index in [0.29, 0.717) is 6.04 Å². The van der Waals surface area contributed by atoms with Crippen LogP contribution in [0.15, 0.2) is 54.6 Å². The lowest BCUT2D eigenvalue weighted by molar-refractivity contribution is -0.0114. The van der Waals surface area contributed by atoms with Gasteiger partial charge in [-0.2, -0.15) is 0 Å². The molecule has 3 aliphatic heterocycles. The highest BCUT2D eigenvalue weighted by molar-refractivity contribution is 5.27. The molecule has 0 unspecified atom stereocenters. The van der Waals surface area contributed by atoms with E-state index in [1.54, 1.807) is 7.11 Å². The summed E-state index contributed by atoms with van der Waals surface area (Å²) in [5, 5.41) is 10.7. The highest BCUT2D eigenvalue weighted by Gasteiger charge is 2.40. The standard InChI is InChI=1S/C22H28N2O2/c1-26-20-10-7-18(8-11-20)14-24-15-19-9-12-22(25)21(24)16-23(19)13-17-5-3-2-4-6-17/h2-8,10-11,19,21-22,25H,9,12-16H2,1H3/t19-,21+,22-/m0/s1. The molecule has 4 heteroatoms. The van der Waals surface area contributed by atoms with Gasteiger partial charge in [-0.05, 0) is 36.1 Å². The first-order chi connectivity index (χ1) is 12.7. The molecule has 0 saturated carbocycles. The van der Waals surface area contributed by atoms with Crippen LogP contribution in [0.2, 0.25) is 0 Å². The van der Waals surface area contributed by atoms with Gasteiger partial charge in [-0.25, -0.2) is 0 Å². The van der Waals surface area contributed by atoms with Gasteiger partial charge in [-0.3, -0.25) is 9.80 Å². The summed E-state index contributed by atoms with van der Waals surface area (Å²) in [7, 11) is 1.69. The van der Waals surface area contributed by atoms with E-state index in [2.05, 4.69) is 52.3 Å². The minimum absolute atomic E-state index is 0.208. The summed E-state index contributed by atoms with van der Waals surface area (Å²) in [5.74, 6) is 0.889. The first kappa shape index (κ1) is 17.5. The van der Waals surface area contributed by atoms with Gasteiger partial charge >= 0.3 is 0 Å². The molecule has 2 aromatic carbocycles. The molecular weight excluding hydrogens is 324 g/mol. The van der Waals surface area contributed by atoms with Gasteiger partial charge in [-0.1, -0.05) is 42.5 Å². The first-order valence-corrected chi connectivity index (χ1v) is 9.56. The van der Waals surface area contributed by atoms with Crippen LogP contribution in [0.3, 0.4) is 0 Å². The average molecular weight is 352 g/mol. The fraction of sp³-hybridized carbons (Fsp3) is 0.455. The van der Waals surface area contributed by atoms with Gasteiger partial charge in [0.2, 0.25) is 0 Å². The van der Waals surface area contributed by atoms with Crippen LogP contribution < -0.4 is 4.74 Å². The fourth-order valence-electron chi connectivity index (χ4n) is 4.38. The molecule has 3 saturated heterocycles. The van der Waals surface area contributed by atoms with Crippen LogP contribution in [-0.2, 0) is 13.1 Å². The van der Waals surface area contributed by atoms with E-state index in [9.17, 15) is 5.11 Å². The van der Waals surface area contributed by atoms with Crippen molar-refractivity contribution in [3.63, 3.8) is 0 Å². The number of benzene rings is 2. The van der Waals surface area contributed by atoms with E-state index in [1.165, 1.54) is 11.1 Å². The van der Waals surface area contributed by atoms with Crippen molar-refractivity contribution in [2.75, 3.05) is 20.2 Å². The molecular formula is C22H28N2O2. The van der Waals surface area contributed by atoms with Crippen molar-refractivity contribution in [2.45, 2.75) is 44.1 Å². The van der Waals surface area contributed by atoms with Crippen LogP contribution in [0, 0.1) is 0 Å². The zero-order valence-corrected chi connectivity index (χ0v) is 15.4. The van der Waals surface area contributed by atoms with Crippen LogP contribution in [0.25, 0.3) is 0 Å². The molecule has 1 N–H and O–H groups in total. The number of hydrogen-bond acceptors (Lipinski definition) is 4. The minimum atomic E-state index is -0.237. The van der Waals surface area contributed by atoms with Crippen molar-refractivity contribution < 1.29 is 9.84 Å². The Morgan fingerprint density at radius 2 is 1.58 bits per heavy atom. The van der Waals surface area contributed by atoms with E-state index < -0.39 is 0 Å². The number of rotatable bonds is 5. The highest BCUT2D eigenvalue weighted by Crippen LogP contribution is 2.30. The molecule has 26 heavy (non-hydrogen) atoms. The van der Waals surface area contributed by atoms with Crippen LogP contribution in [0.5, 0.6) is 5.75 Å². The van der Waals surface area contributed by atoms with E-state index >= 15 is 0 Å². The molecule has 3 atom stereocenters. The van der Waals surface area contributed by atoms with E-state index in [1.807, 2.05) is 12.1 Å². The maximum absolute atomic E-state index is 10.7. The third kappa shape index (κ3) is 3.78. The van der Waals surface area contributed by atoms with Crippen molar-refractivity contribution in [2.24, 2.45) is 0 Å². The predicted molar refractivity (Wildman–Crippen MR) is 103 cm³/mol. The largest absolute Gasteiger partial charge is 0.497 e. The van der Waals surface area contributed by atoms with Crippen molar-refractivity contribution in [3.05, 3.63) is 65.7 Å². The third-order valence-corrected chi connectivity index (χ3v) is 5.87. The van der Waals surface area contributed by atoms with Gasteiger partial charge in [-0.15, -0.1) is 0 Å². The molecule has 4 nitrogen and oxygen atoms in total. The van der Waals surface area contributed by atoms with Gasteiger partial charge in [0, 0.05) is 38.3 Å². The van der Waals surface area contributed by atoms with Crippen LogP contribution in [0.1, 0.15) is 24.0 Å². The van der Waals surface area contributed by atoms with Crippen LogP contribution >= 0.6 is 0 Å². The minimum Gasteiger partial charge on any atom is -0.497 e. The maximum Gasteiger partial charge on any atom is 0.118 e. The summed E-state index contributed by atoms with van der Waals surface area (Å²) in [6.07, 6.45) is 1.74. The number of piperazine rings is 1. The predicted octanol–water partition coefficient (Wildman–Crippen LogP) is 2.90. The average Bonchev–Trinajstić information content (AvgIpc) is 2.92. The Labute approximate surface area is 156 Å². The molecule has 2 aromatic rings. The van der Waals surface area contributed by atoms with Crippen LogP contribution in [-0.4, -0.2) is 53.3 Å². The second kappa shape index (κ2) is 7.78. The SMILES string of the molecule is COc1ccc(CN2C[C@@H]3CC[C@H](O)[C@H]2CN3Cc2ccccc2)cc1. The quantitative estimate of drug-likeness (QED) is 0.898. The molecule has 3 heterocycles. The zero-order chi connectivity index (χ0) is 17.9. The Kier molecular flexibility index (Phi) is 5.25. The highest BCUT2D eigenvalue weighted by atomic mass is 16.5. The Bertz CT molecular complexity index is 704. The second-order valence-electron chi connectivity index (χ2n) is 7.56. The summed E-state index contributed by atoms with van der Waals surface area (Å²) in [5.41, 5.74) is 2.64. The first-order valence-electron chi connectivity index (χ1n) is 9.56. The Balaban J connectivity index is 1.47. The second-order valence-corrected chi connectivity index (χ2v) is 7.56. The Hall–Kier alpha value is -1.88. The third-order valence-electron chi connectivity index (χ3n) is 5.87. The summed E-state index contributed by atoms with van der Waals surface area (Å²) >= 11 is 0. The van der Waals surface area contributed by atoms with Crippen LogP contribution in [0.4, 0.5) is 0 Å². The topological polar surface area (TPSA) is 35.9 Å². The molecule has 0 aromatic heterocycles. The molecule has 0 radical (unpaired) electrons. The molecule has 138 valence electrons. The molecule has 2 bridgehead atoms. The van der Waals surface area contributed by atoms with Crippen molar-refractivity contribution in [1.29, 1.82) is 0 Å². The Morgan fingerprint density at radius 1 is 0.885 bits per heavy atom. The molecule has 0 amide bonds. The summed E-state index contributed by atoms with van der Waals surface area (Å²) in [4.78, 5) is 5.05. The number of aliphatic hydroxyl groups excluding tert-OH is 1. The van der Waals surface area contributed by atoms with Gasteiger partial charge < -0.3 is 9.84 Å². The Morgan fingerprint density at radius 3 is 2.31 bits per heavy atom. The molecule has 3 fully saturated rings. The van der Waals surface area contributed by atoms with Gasteiger partial charge in [0.25, 0.3) is 0 Å². The lowest BCUT2D eigenvalue weighted by atomic mass is 10.0. The number of nitrogens with zero attached hydrogens (tertiary/aromatic N) is 2. The van der Waals surface area contributed by atoms with Crippen molar-refractivity contribution in [3.8, 4) is 5.75 Å². The summed E-state index contributed by atoms with van der Waals surface area (Å²) < 4.78 is 5.26. The lowest BCUT2D eigenvalue weighted by Gasteiger charge is -2.45. The fourth-order valence-corrected chi connectivity index (χ4v) is 4.38. The van der Waals surface area contributed by atoms with E-state index in [-0.39, 0.29) is 12.1 Å². The smallest absolute Gasteiger partial charge is 0.118 e. The maximum atomic E-state index is 10.7. The number of ether oxygens (including phenoxy) is 1. The van der Waals surface area contributed by atoms with Crippen molar-refractivity contribution >= 4 is 0 Å². The number of methoxy groups -OCH3 is 1. The van der Waals surface area contributed by atoms with Gasteiger partial charge in [0.1, 0.15) is 5.75 Å². The van der Waals surface area contributed by atoms with Gasteiger partial charge in [0.05, 0.1) is 13.2 Å². The van der Waals surface area contributed by atoms with Crippen molar-refractivity contribution in [1.82, 2.24) is 9.80 Å². The number of aliphatic hydroxyl groups is 1. The van der Waals surface area contributed by atoms with E-state index in [4.69, 9.17) is 4.74 Å². The molecule has 0 aliphatic carbocycles. The van der Waals surface area contributed by atoms with E-state index in [0.717, 1.165) is 44.8 Å². The summed E-state index contributed by atoms with van der Waals surface area (Å²) in [6.45, 7) is 3.84. The monoisotopic (exact) mass is 352 g/mol.